The third-order valence-electron chi connectivity index (χ3n) is 2.40. The molecule has 0 aliphatic rings. The van der Waals surface area contributed by atoms with Crippen molar-refractivity contribution in [3.05, 3.63) is 54.1 Å². The van der Waals surface area contributed by atoms with Crippen LogP contribution >= 0.6 is 0 Å². The molecule has 4 nitrogen and oxygen atoms in total. The second kappa shape index (κ2) is 5.23. The number of phenols is 1. The van der Waals surface area contributed by atoms with Crippen molar-refractivity contribution in [3.63, 3.8) is 0 Å². The fourth-order valence-corrected chi connectivity index (χ4v) is 1.52. The third-order valence-corrected chi connectivity index (χ3v) is 2.40. The molecular weight excluding hydrogens is 230 g/mol. The van der Waals surface area contributed by atoms with Crippen molar-refractivity contribution >= 4 is 11.8 Å². The molecule has 0 bridgehead atoms. The fourth-order valence-electron chi connectivity index (χ4n) is 1.52. The van der Waals surface area contributed by atoms with Crippen molar-refractivity contribution in [2.45, 2.75) is 6.92 Å². The molecule has 2 aromatic rings. The molecule has 0 fully saturated rings. The Hall–Kier alpha value is -2.49. The highest BCUT2D eigenvalue weighted by atomic mass is 16.6. The Balaban J connectivity index is 2.03. The molecule has 18 heavy (non-hydrogen) atoms. The lowest BCUT2D eigenvalue weighted by Crippen LogP contribution is -2.17. The normalized spacial score (nSPS) is 9.83. The maximum Gasteiger partial charge on any atom is 0.417 e. The van der Waals surface area contributed by atoms with Gasteiger partial charge in [-0.2, -0.15) is 0 Å². The molecule has 0 atom stereocenters. The summed E-state index contributed by atoms with van der Waals surface area (Å²) >= 11 is 0. The van der Waals surface area contributed by atoms with E-state index in [1.165, 1.54) is 6.07 Å². The molecule has 0 saturated heterocycles. The third kappa shape index (κ3) is 3.01. The first-order valence-electron chi connectivity index (χ1n) is 5.48. The second-order valence-corrected chi connectivity index (χ2v) is 3.83. The summed E-state index contributed by atoms with van der Waals surface area (Å²) in [7, 11) is 0. The van der Waals surface area contributed by atoms with Crippen LogP contribution in [0.2, 0.25) is 0 Å². The first-order chi connectivity index (χ1) is 8.65. The largest absolute Gasteiger partial charge is 0.508 e. The lowest BCUT2D eigenvalue weighted by atomic mass is 10.2. The molecule has 1 amide bonds. The number of aryl methyl sites for hydroxylation is 1. The zero-order valence-corrected chi connectivity index (χ0v) is 9.88. The van der Waals surface area contributed by atoms with Gasteiger partial charge >= 0.3 is 6.09 Å². The summed E-state index contributed by atoms with van der Waals surface area (Å²) in [6.45, 7) is 1.79. The van der Waals surface area contributed by atoms with E-state index in [1.54, 1.807) is 43.3 Å². The molecule has 4 heteroatoms. The van der Waals surface area contributed by atoms with Crippen LogP contribution in [0.25, 0.3) is 0 Å². The van der Waals surface area contributed by atoms with Gasteiger partial charge in [0.1, 0.15) is 11.5 Å². The molecule has 0 spiro atoms. The van der Waals surface area contributed by atoms with E-state index < -0.39 is 6.09 Å². The number of ether oxygens (including phenoxy) is 1. The van der Waals surface area contributed by atoms with E-state index in [1.807, 2.05) is 6.07 Å². The maximum absolute atomic E-state index is 11.6. The summed E-state index contributed by atoms with van der Waals surface area (Å²) in [6.07, 6.45) is -0.560. The zero-order chi connectivity index (χ0) is 13.0. The molecule has 2 N–H and O–H groups in total. The molecule has 0 aliphatic carbocycles. The van der Waals surface area contributed by atoms with Gasteiger partial charge in [-0.25, -0.2) is 4.79 Å². The van der Waals surface area contributed by atoms with Crippen molar-refractivity contribution in [2.24, 2.45) is 0 Å². The molecule has 0 unspecified atom stereocenters. The predicted molar refractivity (Wildman–Crippen MR) is 68.9 cm³/mol. The van der Waals surface area contributed by atoms with Gasteiger partial charge in [-0.05, 0) is 42.8 Å². The minimum absolute atomic E-state index is 0.162. The zero-order valence-electron chi connectivity index (χ0n) is 9.88. The number of para-hydroxylation sites is 1. The van der Waals surface area contributed by atoms with Crippen LogP contribution in [-0.2, 0) is 0 Å². The van der Waals surface area contributed by atoms with Gasteiger partial charge in [0.05, 0.1) is 0 Å². The number of phenolic OH excluding ortho intramolecular Hbond substituents is 1. The second-order valence-electron chi connectivity index (χ2n) is 3.83. The number of nitrogens with one attached hydrogen (secondary N) is 1. The number of amides is 1. The van der Waals surface area contributed by atoms with Crippen LogP contribution in [-0.4, -0.2) is 11.2 Å². The topological polar surface area (TPSA) is 58.6 Å². The fraction of sp³-hybridized carbons (Fsp3) is 0.0714. The maximum atomic E-state index is 11.6. The Morgan fingerprint density at radius 2 is 1.89 bits per heavy atom. The molecule has 0 saturated carbocycles. The summed E-state index contributed by atoms with van der Waals surface area (Å²) < 4.78 is 5.09. The molecule has 0 radical (unpaired) electrons. The number of rotatable bonds is 2. The van der Waals surface area contributed by atoms with Crippen LogP contribution in [0.3, 0.4) is 0 Å². The van der Waals surface area contributed by atoms with Crippen LogP contribution < -0.4 is 10.1 Å². The summed E-state index contributed by atoms with van der Waals surface area (Å²) in [5.74, 6) is 0.640. The van der Waals surface area contributed by atoms with Crippen LogP contribution in [0.5, 0.6) is 11.5 Å². The van der Waals surface area contributed by atoms with Crippen LogP contribution in [0.1, 0.15) is 5.56 Å². The number of aromatic hydroxyl groups is 1. The van der Waals surface area contributed by atoms with Gasteiger partial charge in [-0.3, -0.25) is 5.32 Å². The summed E-state index contributed by atoms with van der Waals surface area (Å²) in [5, 5.41) is 11.9. The first kappa shape index (κ1) is 12.0. The summed E-state index contributed by atoms with van der Waals surface area (Å²) in [4.78, 5) is 11.6. The van der Waals surface area contributed by atoms with E-state index in [0.717, 1.165) is 5.56 Å². The Bertz CT molecular complexity index is 552. The van der Waals surface area contributed by atoms with E-state index in [2.05, 4.69) is 5.32 Å². The SMILES string of the molecule is Cc1cc(O)ccc1NC(=O)Oc1ccccc1. The van der Waals surface area contributed by atoms with E-state index in [0.29, 0.717) is 11.4 Å². The van der Waals surface area contributed by atoms with E-state index in [9.17, 15) is 9.90 Å². The van der Waals surface area contributed by atoms with Gasteiger partial charge < -0.3 is 9.84 Å². The van der Waals surface area contributed by atoms with E-state index >= 15 is 0 Å². The highest BCUT2D eigenvalue weighted by molar-refractivity contribution is 5.87. The first-order valence-corrected chi connectivity index (χ1v) is 5.48. The van der Waals surface area contributed by atoms with Crippen LogP contribution in [0, 0.1) is 6.92 Å². The number of carbonyl (C=O) groups excluding carboxylic acids is 1. The minimum Gasteiger partial charge on any atom is -0.508 e. The van der Waals surface area contributed by atoms with Gasteiger partial charge in [0.15, 0.2) is 0 Å². The Kier molecular flexibility index (Phi) is 3.48. The Morgan fingerprint density at radius 3 is 2.56 bits per heavy atom. The van der Waals surface area contributed by atoms with Crippen molar-refractivity contribution in [3.8, 4) is 11.5 Å². The van der Waals surface area contributed by atoms with E-state index in [4.69, 9.17) is 4.74 Å². The van der Waals surface area contributed by atoms with Gasteiger partial charge in [0.2, 0.25) is 0 Å². The Labute approximate surface area is 105 Å². The van der Waals surface area contributed by atoms with Gasteiger partial charge in [0, 0.05) is 5.69 Å². The lowest BCUT2D eigenvalue weighted by molar-refractivity contribution is 0.215. The average molecular weight is 243 g/mol. The number of hydrogen-bond donors (Lipinski definition) is 2. The van der Waals surface area contributed by atoms with Crippen molar-refractivity contribution in [1.82, 2.24) is 0 Å². The lowest BCUT2D eigenvalue weighted by Gasteiger charge is -2.09. The molecule has 0 aromatic heterocycles. The smallest absolute Gasteiger partial charge is 0.417 e. The van der Waals surface area contributed by atoms with Crippen molar-refractivity contribution in [1.29, 1.82) is 0 Å². The van der Waals surface area contributed by atoms with Gasteiger partial charge in [-0.15, -0.1) is 0 Å². The number of hydrogen-bond acceptors (Lipinski definition) is 3. The summed E-state index contributed by atoms with van der Waals surface area (Å²) in [6, 6.07) is 13.5. The quantitative estimate of drug-likeness (QED) is 0.795. The van der Waals surface area contributed by atoms with Crippen LogP contribution in [0.15, 0.2) is 48.5 Å². The number of anilines is 1. The highest BCUT2D eigenvalue weighted by Gasteiger charge is 2.07. The van der Waals surface area contributed by atoms with E-state index in [-0.39, 0.29) is 5.75 Å². The highest BCUT2D eigenvalue weighted by Crippen LogP contribution is 2.20. The molecule has 0 heterocycles. The summed E-state index contributed by atoms with van der Waals surface area (Å²) in [5.41, 5.74) is 1.37. The Morgan fingerprint density at radius 1 is 1.17 bits per heavy atom. The van der Waals surface area contributed by atoms with Crippen molar-refractivity contribution in [2.75, 3.05) is 5.32 Å². The molecule has 0 aliphatic heterocycles. The van der Waals surface area contributed by atoms with Gasteiger partial charge in [0.25, 0.3) is 0 Å². The standard InChI is InChI=1S/C14H13NO3/c1-10-9-11(16)7-8-13(10)15-14(17)18-12-5-3-2-4-6-12/h2-9,16H,1H3,(H,15,17). The van der Waals surface area contributed by atoms with Gasteiger partial charge in [-0.1, -0.05) is 18.2 Å². The minimum atomic E-state index is -0.560. The molecule has 2 rings (SSSR count). The molecular formula is C14H13NO3. The average Bonchev–Trinajstić information content (AvgIpc) is 2.34. The molecule has 92 valence electrons. The molecule has 2 aromatic carbocycles. The van der Waals surface area contributed by atoms with Crippen LogP contribution in [0.4, 0.5) is 10.5 Å². The predicted octanol–water partition coefficient (Wildman–Crippen LogP) is 3.31. The number of carbonyl (C=O) groups is 1. The number of benzene rings is 2. The monoisotopic (exact) mass is 243 g/mol. The van der Waals surface area contributed by atoms with Crippen molar-refractivity contribution < 1.29 is 14.6 Å².